The van der Waals surface area contributed by atoms with E-state index in [4.69, 9.17) is 9.15 Å². The number of halogens is 3. The molecule has 194 valence electrons. The first-order valence-electron chi connectivity index (χ1n) is 12.2. The Morgan fingerprint density at radius 2 is 1.97 bits per heavy atom. The maximum Gasteiger partial charge on any atom is 0.425 e. The number of aryl methyl sites for hydroxylation is 1. The van der Waals surface area contributed by atoms with E-state index in [1.165, 1.54) is 11.3 Å². The molecule has 4 rings (SSSR count). The van der Waals surface area contributed by atoms with Crippen LogP contribution in [-0.2, 0) is 24.1 Å². The molecule has 2 aromatic heterocycles. The Hall–Kier alpha value is -2.21. The van der Waals surface area contributed by atoms with E-state index in [0.29, 0.717) is 17.7 Å². The number of rotatable bonds is 8. The zero-order valence-electron chi connectivity index (χ0n) is 20.1. The van der Waals surface area contributed by atoms with Crippen molar-refractivity contribution < 1.29 is 27.1 Å². The monoisotopic (exact) mass is 515 g/mol. The van der Waals surface area contributed by atoms with Gasteiger partial charge in [0.1, 0.15) is 6.42 Å². The Morgan fingerprint density at radius 3 is 2.66 bits per heavy atom. The summed E-state index contributed by atoms with van der Waals surface area (Å²) in [5.74, 6) is 1.36. The highest BCUT2D eigenvalue weighted by Gasteiger charge is 2.39. The number of carbonyl (C=O) groups is 1. The standard InChI is InChI=1S/C23H32F3N5O3S/c1-14(23(24,25)26)33-22-28-18-8-11-31(12-9-19(18)35-22)10-7-16-3-5-17(6-4-16)27-20(32)13-21-30-29-15(2)34-21/h14,16-17H,3-13H2,1-2H3,(H,27,32)/t14-,16?,17?/m0/s1. The van der Waals surface area contributed by atoms with E-state index < -0.39 is 12.3 Å². The molecule has 1 amide bonds. The molecule has 12 heteroatoms. The molecular weight excluding hydrogens is 483 g/mol. The molecule has 0 radical (unpaired) electrons. The van der Waals surface area contributed by atoms with Gasteiger partial charge in [-0.15, -0.1) is 10.2 Å². The number of thiazole rings is 1. The molecule has 2 aliphatic rings. The van der Waals surface area contributed by atoms with E-state index in [1.807, 2.05) is 0 Å². The van der Waals surface area contributed by atoms with Gasteiger partial charge in [-0.3, -0.25) is 4.79 Å². The van der Waals surface area contributed by atoms with Crippen LogP contribution in [0.2, 0.25) is 0 Å². The summed E-state index contributed by atoms with van der Waals surface area (Å²) in [4.78, 5) is 20.0. The van der Waals surface area contributed by atoms with Crippen LogP contribution in [-0.4, -0.2) is 63.9 Å². The first-order chi connectivity index (χ1) is 16.7. The minimum Gasteiger partial charge on any atom is -0.457 e. The highest BCUT2D eigenvalue weighted by atomic mass is 32.1. The number of alkyl halides is 3. The number of nitrogens with zero attached hydrogens (tertiary/aromatic N) is 4. The van der Waals surface area contributed by atoms with Gasteiger partial charge in [0.15, 0.2) is 6.10 Å². The molecule has 1 aliphatic carbocycles. The number of ether oxygens (including phenoxy) is 1. The van der Waals surface area contributed by atoms with Crippen LogP contribution in [0.4, 0.5) is 13.2 Å². The van der Waals surface area contributed by atoms with E-state index >= 15 is 0 Å². The summed E-state index contributed by atoms with van der Waals surface area (Å²) in [6.45, 7) is 5.44. The maximum atomic E-state index is 12.8. The van der Waals surface area contributed by atoms with Crippen LogP contribution in [0.1, 0.15) is 61.4 Å². The van der Waals surface area contributed by atoms with Crippen LogP contribution in [0.3, 0.4) is 0 Å². The highest BCUT2D eigenvalue weighted by Crippen LogP contribution is 2.32. The fraction of sp³-hybridized carbons (Fsp3) is 0.739. The molecule has 1 fully saturated rings. The zero-order valence-corrected chi connectivity index (χ0v) is 20.9. The van der Waals surface area contributed by atoms with Crippen molar-refractivity contribution in [3.63, 3.8) is 0 Å². The van der Waals surface area contributed by atoms with Crippen LogP contribution in [0.25, 0.3) is 0 Å². The second-order valence-corrected chi connectivity index (χ2v) is 10.5. The second kappa shape index (κ2) is 11.2. The Kier molecular flexibility index (Phi) is 8.31. The summed E-state index contributed by atoms with van der Waals surface area (Å²) in [5, 5.41) is 10.8. The lowest BCUT2D eigenvalue weighted by Crippen LogP contribution is -2.39. The normalized spacial score (nSPS) is 22.3. The maximum absolute atomic E-state index is 12.8. The fourth-order valence-corrected chi connectivity index (χ4v) is 5.68. The number of aromatic nitrogens is 3. The fourth-order valence-electron chi connectivity index (χ4n) is 4.66. The lowest BCUT2D eigenvalue weighted by Gasteiger charge is -2.30. The molecule has 1 atom stereocenters. The average Bonchev–Trinajstić information content (AvgIpc) is 3.33. The Morgan fingerprint density at radius 1 is 1.23 bits per heavy atom. The van der Waals surface area contributed by atoms with Gasteiger partial charge in [0.25, 0.3) is 5.19 Å². The van der Waals surface area contributed by atoms with Crippen LogP contribution in [0, 0.1) is 12.8 Å². The molecule has 1 N–H and O–H groups in total. The van der Waals surface area contributed by atoms with Gasteiger partial charge in [0, 0.05) is 37.4 Å². The summed E-state index contributed by atoms with van der Waals surface area (Å²) in [5.41, 5.74) is 0.869. The molecular formula is C23H32F3N5O3S. The summed E-state index contributed by atoms with van der Waals surface area (Å²) in [6, 6.07) is 0.194. The topological polar surface area (TPSA) is 93.4 Å². The van der Waals surface area contributed by atoms with E-state index in [0.717, 1.165) is 82.1 Å². The first-order valence-corrected chi connectivity index (χ1v) is 13.0. The lowest BCUT2D eigenvalue weighted by molar-refractivity contribution is -0.189. The minimum atomic E-state index is -4.39. The third-order valence-corrected chi connectivity index (χ3v) is 7.81. The molecule has 0 saturated heterocycles. The van der Waals surface area contributed by atoms with E-state index in [-0.39, 0.29) is 23.6 Å². The molecule has 8 nitrogen and oxygen atoms in total. The average molecular weight is 516 g/mol. The zero-order chi connectivity index (χ0) is 25.0. The quantitative estimate of drug-likeness (QED) is 0.570. The largest absolute Gasteiger partial charge is 0.457 e. The Balaban J connectivity index is 1.14. The molecule has 0 bridgehead atoms. The van der Waals surface area contributed by atoms with Crippen molar-refractivity contribution in [1.29, 1.82) is 0 Å². The van der Waals surface area contributed by atoms with Crippen molar-refractivity contribution >= 4 is 17.2 Å². The summed E-state index contributed by atoms with van der Waals surface area (Å²) >= 11 is 1.24. The van der Waals surface area contributed by atoms with Crippen LogP contribution in [0.5, 0.6) is 5.19 Å². The number of hydrogen-bond acceptors (Lipinski definition) is 8. The Bertz CT molecular complexity index is 962. The van der Waals surface area contributed by atoms with E-state index in [9.17, 15) is 18.0 Å². The minimum absolute atomic E-state index is 0.0795. The first kappa shape index (κ1) is 25.9. The van der Waals surface area contributed by atoms with Crippen molar-refractivity contribution in [2.24, 2.45) is 5.92 Å². The smallest absolute Gasteiger partial charge is 0.425 e. The molecule has 2 aromatic rings. The number of carbonyl (C=O) groups excluding carboxylic acids is 1. The van der Waals surface area contributed by atoms with Crippen LogP contribution < -0.4 is 10.1 Å². The van der Waals surface area contributed by atoms with Gasteiger partial charge in [-0.2, -0.15) is 13.2 Å². The van der Waals surface area contributed by atoms with Gasteiger partial charge in [-0.25, -0.2) is 4.98 Å². The molecule has 1 saturated carbocycles. The summed E-state index contributed by atoms with van der Waals surface area (Å²) in [6.07, 6.45) is 0.621. The van der Waals surface area contributed by atoms with Crippen molar-refractivity contribution in [3.8, 4) is 5.19 Å². The van der Waals surface area contributed by atoms with Crippen molar-refractivity contribution in [3.05, 3.63) is 22.4 Å². The van der Waals surface area contributed by atoms with Gasteiger partial charge in [-0.05, 0) is 57.9 Å². The SMILES string of the molecule is Cc1nnc(CC(=O)NC2CCC(CCN3CCc4nc(O[C@@H](C)C(F)(F)F)sc4CC3)CC2)o1. The molecule has 0 spiro atoms. The lowest BCUT2D eigenvalue weighted by atomic mass is 9.84. The summed E-state index contributed by atoms with van der Waals surface area (Å²) in [7, 11) is 0. The van der Waals surface area contributed by atoms with E-state index in [1.54, 1.807) is 6.92 Å². The molecule has 3 heterocycles. The Labute approximate surface area is 206 Å². The molecule has 0 unspecified atom stereocenters. The third-order valence-electron chi connectivity index (χ3n) is 6.76. The number of amides is 1. The van der Waals surface area contributed by atoms with Gasteiger partial charge < -0.3 is 19.4 Å². The van der Waals surface area contributed by atoms with E-state index in [2.05, 4.69) is 25.4 Å². The van der Waals surface area contributed by atoms with Gasteiger partial charge >= 0.3 is 6.18 Å². The van der Waals surface area contributed by atoms with Crippen molar-refractivity contribution in [1.82, 2.24) is 25.4 Å². The van der Waals surface area contributed by atoms with Crippen molar-refractivity contribution in [2.45, 2.75) is 83.5 Å². The number of nitrogens with one attached hydrogen (secondary N) is 1. The van der Waals surface area contributed by atoms with Gasteiger partial charge in [0.05, 0.1) is 5.69 Å². The van der Waals surface area contributed by atoms with Gasteiger partial charge in [-0.1, -0.05) is 11.3 Å². The van der Waals surface area contributed by atoms with Crippen LogP contribution >= 0.6 is 11.3 Å². The predicted molar refractivity (Wildman–Crippen MR) is 123 cm³/mol. The molecule has 35 heavy (non-hydrogen) atoms. The molecule has 1 aliphatic heterocycles. The van der Waals surface area contributed by atoms with Crippen LogP contribution in [0.15, 0.2) is 4.42 Å². The predicted octanol–water partition coefficient (Wildman–Crippen LogP) is 3.87. The number of hydrogen-bond donors (Lipinski definition) is 1. The molecule has 0 aromatic carbocycles. The van der Waals surface area contributed by atoms with Gasteiger partial charge in [0.2, 0.25) is 17.7 Å². The summed E-state index contributed by atoms with van der Waals surface area (Å²) < 4.78 is 48.5. The van der Waals surface area contributed by atoms with Crippen molar-refractivity contribution in [2.75, 3.05) is 19.6 Å². The second-order valence-electron chi connectivity index (χ2n) is 9.46. The number of fused-ring (bicyclic) bond motifs is 1. The highest BCUT2D eigenvalue weighted by molar-refractivity contribution is 7.13. The third kappa shape index (κ3) is 7.39.